The SMILES string of the molecule is CCCCCCCc1ccc(C(=O)O)cc1N(CCCC(=O)N(C)C)Cc1ccc(OCc2ccccc2)cc1. The monoisotopic (exact) mass is 544 g/mol. The third-order valence-electron chi connectivity index (χ3n) is 7.09. The topological polar surface area (TPSA) is 70.1 Å². The molecule has 0 saturated carbocycles. The van der Waals surface area contributed by atoms with Gasteiger partial charge in [-0.25, -0.2) is 4.79 Å². The highest BCUT2D eigenvalue weighted by Crippen LogP contribution is 2.28. The van der Waals surface area contributed by atoms with Crippen LogP contribution in [0.4, 0.5) is 5.69 Å². The highest BCUT2D eigenvalue weighted by atomic mass is 16.5. The van der Waals surface area contributed by atoms with E-state index < -0.39 is 5.97 Å². The van der Waals surface area contributed by atoms with Gasteiger partial charge in [-0.2, -0.15) is 0 Å². The smallest absolute Gasteiger partial charge is 0.335 e. The highest BCUT2D eigenvalue weighted by Gasteiger charge is 2.16. The van der Waals surface area contributed by atoms with Crippen molar-refractivity contribution in [1.82, 2.24) is 4.90 Å². The van der Waals surface area contributed by atoms with Gasteiger partial charge in [-0.15, -0.1) is 0 Å². The Morgan fingerprint density at radius 2 is 1.55 bits per heavy atom. The fraction of sp³-hybridized carbons (Fsp3) is 0.412. The maximum atomic E-state index is 12.3. The van der Waals surface area contributed by atoms with Gasteiger partial charge in [0.25, 0.3) is 0 Å². The zero-order valence-corrected chi connectivity index (χ0v) is 24.3. The summed E-state index contributed by atoms with van der Waals surface area (Å²) in [5.41, 5.74) is 4.59. The molecule has 6 heteroatoms. The minimum Gasteiger partial charge on any atom is -0.489 e. The zero-order valence-electron chi connectivity index (χ0n) is 24.3. The Hall–Kier alpha value is -3.80. The molecule has 3 aromatic carbocycles. The number of anilines is 1. The number of carboxylic acid groups (broad SMARTS) is 1. The van der Waals surface area contributed by atoms with Crippen LogP contribution < -0.4 is 9.64 Å². The number of unbranched alkanes of at least 4 members (excludes halogenated alkanes) is 4. The summed E-state index contributed by atoms with van der Waals surface area (Å²) >= 11 is 0. The first-order valence-electron chi connectivity index (χ1n) is 14.4. The standard InChI is InChI=1S/C34H44N2O4/c1-4-5-6-7-11-15-29-19-20-30(34(38)39)24-32(29)36(23-12-16-33(37)35(2)3)25-27-17-21-31(22-18-27)40-26-28-13-9-8-10-14-28/h8-10,13-14,17-22,24H,4-7,11-12,15-16,23,25-26H2,1-3H3,(H,38,39). The van der Waals surface area contributed by atoms with Crippen molar-refractivity contribution in [3.63, 3.8) is 0 Å². The fourth-order valence-electron chi connectivity index (χ4n) is 4.70. The Labute approximate surface area is 239 Å². The third kappa shape index (κ3) is 10.1. The van der Waals surface area contributed by atoms with E-state index in [4.69, 9.17) is 4.74 Å². The van der Waals surface area contributed by atoms with E-state index in [0.717, 1.165) is 47.4 Å². The first-order valence-corrected chi connectivity index (χ1v) is 14.4. The van der Waals surface area contributed by atoms with Crippen molar-refractivity contribution in [1.29, 1.82) is 0 Å². The predicted molar refractivity (Wildman–Crippen MR) is 162 cm³/mol. The molecule has 214 valence electrons. The Kier molecular flexibility index (Phi) is 12.6. The number of amides is 1. The summed E-state index contributed by atoms with van der Waals surface area (Å²) in [5, 5.41) is 9.74. The van der Waals surface area contributed by atoms with Gasteiger partial charge in [0, 0.05) is 39.3 Å². The van der Waals surface area contributed by atoms with Gasteiger partial charge < -0.3 is 19.6 Å². The molecule has 0 fully saturated rings. The Balaban J connectivity index is 1.79. The number of benzene rings is 3. The maximum Gasteiger partial charge on any atom is 0.335 e. The van der Waals surface area contributed by atoms with Crippen LogP contribution in [0.1, 0.15) is 78.9 Å². The number of nitrogens with zero attached hydrogens (tertiary/aromatic N) is 2. The van der Waals surface area contributed by atoms with Crippen molar-refractivity contribution in [3.8, 4) is 5.75 Å². The number of hydrogen-bond donors (Lipinski definition) is 1. The number of carbonyl (C=O) groups is 2. The predicted octanol–water partition coefficient (Wildman–Crippen LogP) is 7.35. The lowest BCUT2D eigenvalue weighted by Crippen LogP contribution is -2.28. The molecule has 3 rings (SSSR count). The molecule has 0 aliphatic heterocycles. The van der Waals surface area contributed by atoms with Crippen LogP contribution in [-0.2, 0) is 24.4 Å². The molecule has 3 aromatic rings. The molecule has 6 nitrogen and oxygen atoms in total. The largest absolute Gasteiger partial charge is 0.489 e. The third-order valence-corrected chi connectivity index (χ3v) is 7.09. The summed E-state index contributed by atoms with van der Waals surface area (Å²) in [7, 11) is 3.54. The lowest BCUT2D eigenvalue weighted by Gasteiger charge is -2.28. The van der Waals surface area contributed by atoms with Crippen LogP contribution in [0.15, 0.2) is 72.8 Å². The van der Waals surface area contributed by atoms with Gasteiger partial charge in [0.1, 0.15) is 12.4 Å². The first kappa shape index (κ1) is 30.7. The molecule has 0 aromatic heterocycles. The van der Waals surface area contributed by atoms with Crippen molar-refractivity contribution >= 4 is 17.6 Å². The molecular weight excluding hydrogens is 500 g/mol. The van der Waals surface area contributed by atoms with Crippen molar-refractivity contribution < 1.29 is 19.4 Å². The van der Waals surface area contributed by atoms with E-state index >= 15 is 0 Å². The van der Waals surface area contributed by atoms with Gasteiger partial charge in [-0.3, -0.25) is 4.79 Å². The molecular formula is C34H44N2O4. The second kappa shape index (κ2) is 16.3. The van der Waals surface area contributed by atoms with Crippen LogP contribution in [0.3, 0.4) is 0 Å². The Morgan fingerprint density at radius 1 is 0.825 bits per heavy atom. The summed E-state index contributed by atoms with van der Waals surface area (Å²) in [6.07, 6.45) is 7.92. The minimum atomic E-state index is -0.932. The zero-order chi connectivity index (χ0) is 28.7. The molecule has 0 unspecified atom stereocenters. The van der Waals surface area contributed by atoms with Crippen LogP contribution in [0.2, 0.25) is 0 Å². The van der Waals surface area contributed by atoms with Gasteiger partial charge in [-0.05, 0) is 60.2 Å². The van der Waals surface area contributed by atoms with E-state index in [1.54, 1.807) is 31.1 Å². The second-order valence-corrected chi connectivity index (χ2v) is 10.5. The second-order valence-electron chi connectivity index (χ2n) is 10.5. The van der Waals surface area contributed by atoms with Crippen molar-refractivity contribution in [2.24, 2.45) is 0 Å². The van der Waals surface area contributed by atoms with Crippen molar-refractivity contribution in [2.45, 2.75) is 71.4 Å². The normalized spacial score (nSPS) is 10.8. The van der Waals surface area contributed by atoms with Gasteiger partial charge in [0.2, 0.25) is 5.91 Å². The molecule has 0 spiro atoms. The van der Waals surface area contributed by atoms with Gasteiger partial charge in [0.05, 0.1) is 5.56 Å². The number of aryl methyl sites for hydroxylation is 1. The van der Waals surface area contributed by atoms with Crippen LogP contribution in [0.25, 0.3) is 0 Å². The number of carboxylic acids is 1. The van der Waals surface area contributed by atoms with Gasteiger partial charge >= 0.3 is 5.97 Å². The average Bonchev–Trinajstić information content (AvgIpc) is 2.96. The first-order chi connectivity index (χ1) is 19.4. The number of carbonyl (C=O) groups excluding carboxylic acids is 1. The van der Waals surface area contributed by atoms with Crippen LogP contribution in [0, 0.1) is 0 Å². The molecule has 0 saturated heterocycles. The lowest BCUT2D eigenvalue weighted by atomic mass is 10.0. The van der Waals surface area contributed by atoms with E-state index in [0.29, 0.717) is 32.5 Å². The van der Waals surface area contributed by atoms with E-state index in [9.17, 15) is 14.7 Å². The van der Waals surface area contributed by atoms with Gasteiger partial charge in [0.15, 0.2) is 0 Å². The molecule has 0 heterocycles. The van der Waals surface area contributed by atoms with E-state index in [1.807, 2.05) is 48.5 Å². The van der Waals surface area contributed by atoms with E-state index in [2.05, 4.69) is 24.0 Å². The lowest BCUT2D eigenvalue weighted by molar-refractivity contribution is -0.128. The quantitative estimate of drug-likeness (QED) is 0.180. The number of rotatable bonds is 17. The summed E-state index contributed by atoms with van der Waals surface area (Å²) < 4.78 is 5.96. The average molecular weight is 545 g/mol. The number of hydrogen-bond acceptors (Lipinski definition) is 4. The molecule has 0 radical (unpaired) electrons. The summed E-state index contributed by atoms with van der Waals surface area (Å²) in [6.45, 7) is 3.98. The minimum absolute atomic E-state index is 0.0929. The van der Waals surface area contributed by atoms with Crippen molar-refractivity contribution in [2.75, 3.05) is 25.5 Å². The maximum absolute atomic E-state index is 12.3. The molecule has 1 N–H and O–H groups in total. The highest BCUT2D eigenvalue weighted by molar-refractivity contribution is 5.89. The Bertz CT molecular complexity index is 1190. The van der Waals surface area contributed by atoms with Crippen LogP contribution >= 0.6 is 0 Å². The van der Waals surface area contributed by atoms with Crippen LogP contribution in [0.5, 0.6) is 5.75 Å². The summed E-state index contributed by atoms with van der Waals surface area (Å²) in [6, 6.07) is 23.6. The summed E-state index contributed by atoms with van der Waals surface area (Å²) in [4.78, 5) is 28.0. The van der Waals surface area contributed by atoms with Crippen molar-refractivity contribution in [3.05, 3.63) is 95.1 Å². The molecule has 0 atom stereocenters. The van der Waals surface area contributed by atoms with Gasteiger partial charge in [-0.1, -0.05) is 81.1 Å². The molecule has 0 aliphatic rings. The molecule has 40 heavy (non-hydrogen) atoms. The molecule has 0 bridgehead atoms. The Morgan fingerprint density at radius 3 is 2.23 bits per heavy atom. The fourth-order valence-corrected chi connectivity index (χ4v) is 4.70. The number of ether oxygens (including phenoxy) is 1. The van der Waals surface area contributed by atoms with Crippen LogP contribution in [-0.4, -0.2) is 42.5 Å². The molecule has 0 aliphatic carbocycles. The van der Waals surface area contributed by atoms with E-state index in [-0.39, 0.29) is 11.5 Å². The summed E-state index contributed by atoms with van der Waals surface area (Å²) in [5.74, 6) is -0.0370. The number of aromatic carboxylic acids is 1. The van der Waals surface area contributed by atoms with E-state index in [1.165, 1.54) is 19.3 Å². The molecule has 1 amide bonds.